The highest BCUT2D eigenvalue weighted by Gasteiger charge is 2.35. The molecule has 0 bridgehead atoms. The Hall–Kier alpha value is -0.640. The van der Waals surface area contributed by atoms with Gasteiger partial charge in [-0.3, -0.25) is 0 Å². The van der Waals surface area contributed by atoms with Crippen molar-refractivity contribution in [2.24, 2.45) is 0 Å². The Bertz CT molecular complexity index is 569. The zero-order valence-electron chi connectivity index (χ0n) is 11.1. The van der Waals surface area contributed by atoms with Gasteiger partial charge in [-0.15, -0.1) is 0 Å². The predicted molar refractivity (Wildman–Crippen MR) is 85.1 cm³/mol. The van der Waals surface area contributed by atoms with E-state index in [0.717, 1.165) is 34.7 Å². The third kappa shape index (κ3) is 2.51. The first-order valence-corrected chi connectivity index (χ1v) is 8.35. The molecule has 2 nitrogen and oxygen atoms in total. The van der Waals surface area contributed by atoms with Crippen LogP contribution in [0.25, 0.3) is 10.9 Å². The number of H-pyrrole nitrogens is 1. The molecular weight excluding hydrogens is 276 g/mol. The summed E-state index contributed by atoms with van der Waals surface area (Å²) in [6.07, 6.45) is 6.26. The summed E-state index contributed by atoms with van der Waals surface area (Å²) < 4.78 is 0.471. The highest BCUT2D eigenvalue weighted by molar-refractivity contribution is 8.00. The molecule has 1 aliphatic carbocycles. The van der Waals surface area contributed by atoms with Crippen LogP contribution in [0.5, 0.6) is 0 Å². The van der Waals surface area contributed by atoms with E-state index in [1.807, 2.05) is 23.9 Å². The van der Waals surface area contributed by atoms with Crippen LogP contribution in [0.3, 0.4) is 0 Å². The first kappa shape index (κ1) is 13.3. The van der Waals surface area contributed by atoms with Crippen molar-refractivity contribution in [1.29, 1.82) is 0 Å². The zero-order valence-corrected chi connectivity index (χ0v) is 12.7. The van der Waals surface area contributed by atoms with Gasteiger partial charge in [-0.05, 0) is 25.2 Å². The fraction of sp³-hybridized carbons (Fsp3) is 0.467. The molecule has 2 aromatic rings. The van der Waals surface area contributed by atoms with Gasteiger partial charge in [0.15, 0.2) is 0 Å². The van der Waals surface area contributed by atoms with Crippen molar-refractivity contribution < 1.29 is 0 Å². The van der Waals surface area contributed by atoms with E-state index in [2.05, 4.69) is 28.7 Å². The molecule has 1 aromatic carbocycles. The molecule has 3 rings (SSSR count). The van der Waals surface area contributed by atoms with E-state index in [4.69, 9.17) is 11.6 Å². The molecule has 19 heavy (non-hydrogen) atoms. The Balaban J connectivity index is 1.67. The van der Waals surface area contributed by atoms with Gasteiger partial charge >= 0.3 is 0 Å². The summed E-state index contributed by atoms with van der Waals surface area (Å²) in [5.74, 6) is 0. The molecule has 0 saturated heterocycles. The number of thioether (sulfide) groups is 1. The summed E-state index contributed by atoms with van der Waals surface area (Å²) >= 11 is 8.41. The van der Waals surface area contributed by atoms with Crippen LogP contribution in [0.4, 0.5) is 0 Å². The number of hydrogen-bond donors (Lipinski definition) is 2. The molecule has 4 heteroatoms. The van der Waals surface area contributed by atoms with Crippen molar-refractivity contribution in [3.63, 3.8) is 0 Å². The molecule has 1 aliphatic rings. The van der Waals surface area contributed by atoms with Gasteiger partial charge in [0.2, 0.25) is 0 Å². The Morgan fingerprint density at radius 1 is 1.37 bits per heavy atom. The summed E-state index contributed by atoms with van der Waals surface area (Å²) in [5, 5.41) is 5.53. The van der Waals surface area contributed by atoms with E-state index in [1.165, 1.54) is 19.3 Å². The zero-order chi connectivity index (χ0) is 13.3. The van der Waals surface area contributed by atoms with Crippen LogP contribution < -0.4 is 5.32 Å². The standard InChI is InChI=1S/C15H19ClN2S/c1-19-15(7-4-8-15)10-17-9-13-14(16)11-5-2-3-6-12(11)18-13/h2-3,5-6,17-18H,4,7-10H2,1H3. The number of halogens is 1. The van der Waals surface area contributed by atoms with Crippen molar-refractivity contribution in [3.05, 3.63) is 35.0 Å². The van der Waals surface area contributed by atoms with Gasteiger partial charge in [0.05, 0.1) is 5.02 Å². The highest BCUT2D eigenvalue weighted by Crippen LogP contribution is 2.42. The van der Waals surface area contributed by atoms with Crippen molar-refractivity contribution >= 4 is 34.3 Å². The summed E-state index contributed by atoms with van der Waals surface area (Å²) in [6.45, 7) is 1.88. The topological polar surface area (TPSA) is 27.8 Å². The second kappa shape index (κ2) is 5.39. The second-order valence-electron chi connectivity index (χ2n) is 5.31. The van der Waals surface area contributed by atoms with Crippen LogP contribution in [-0.4, -0.2) is 22.5 Å². The molecule has 0 spiro atoms. The monoisotopic (exact) mass is 294 g/mol. The van der Waals surface area contributed by atoms with Crippen LogP contribution >= 0.6 is 23.4 Å². The average molecular weight is 295 g/mol. The summed E-state index contributed by atoms with van der Waals surface area (Å²) in [7, 11) is 0. The van der Waals surface area contributed by atoms with Crippen LogP contribution in [0.1, 0.15) is 25.0 Å². The minimum atomic E-state index is 0.471. The number of aromatic amines is 1. The van der Waals surface area contributed by atoms with Crippen molar-refractivity contribution in [3.8, 4) is 0 Å². The lowest BCUT2D eigenvalue weighted by molar-refractivity contribution is 0.345. The van der Waals surface area contributed by atoms with Gasteiger partial charge in [0.1, 0.15) is 0 Å². The Labute approximate surface area is 123 Å². The lowest BCUT2D eigenvalue weighted by Gasteiger charge is -2.40. The normalized spacial score (nSPS) is 17.6. The predicted octanol–water partition coefficient (Wildman–Crippen LogP) is 4.20. The van der Waals surface area contributed by atoms with Crippen LogP contribution in [0, 0.1) is 0 Å². The van der Waals surface area contributed by atoms with Crippen LogP contribution in [0.2, 0.25) is 5.02 Å². The third-order valence-electron chi connectivity index (χ3n) is 4.16. The van der Waals surface area contributed by atoms with Crippen LogP contribution in [-0.2, 0) is 6.54 Å². The van der Waals surface area contributed by atoms with Gasteiger partial charge in [-0.25, -0.2) is 0 Å². The Morgan fingerprint density at radius 3 is 2.79 bits per heavy atom. The number of rotatable bonds is 5. The molecule has 0 amide bonds. The van der Waals surface area contributed by atoms with Gasteiger partial charge in [-0.2, -0.15) is 11.8 Å². The fourth-order valence-corrected chi connectivity index (χ4v) is 3.95. The van der Waals surface area contributed by atoms with E-state index < -0.39 is 0 Å². The number of fused-ring (bicyclic) bond motifs is 1. The van der Waals surface area contributed by atoms with Gasteiger partial charge in [0.25, 0.3) is 0 Å². The minimum Gasteiger partial charge on any atom is -0.356 e. The molecule has 0 unspecified atom stereocenters. The molecular formula is C15H19ClN2S. The smallest absolute Gasteiger partial charge is 0.0705 e. The first-order valence-electron chi connectivity index (χ1n) is 6.75. The Morgan fingerprint density at radius 2 is 2.16 bits per heavy atom. The number of para-hydroxylation sites is 1. The van der Waals surface area contributed by atoms with E-state index >= 15 is 0 Å². The van der Waals surface area contributed by atoms with E-state index in [1.54, 1.807) is 0 Å². The molecule has 0 aliphatic heterocycles. The van der Waals surface area contributed by atoms with Crippen molar-refractivity contribution in [2.75, 3.05) is 12.8 Å². The van der Waals surface area contributed by atoms with E-state index in [-0.39, 0.29) is 0 Å². The van der Waals surface area contributed by atoms with Crippen LogP contribution in [0.15, 0.2) is 24.3 Å². The minimum absolute atomic E-state index is 0.471. The largest absolute Gasteiger partial charge is 0.356 e. The quantitative estimate of drug-likeness (QED) is 0.865. The maximum atomic E-state index is 6.41. The molecule has 0 radical (unpaired) electrons. The molecule has 2 N–H and O–H groups in total. The number of aromatic nitrogens is 1. The number of hydrogen-bond acceptors (Lipinski definition) is 2. The Kier molecular flexibility index (Phi) is 3.79. The number of nitrogens with one attached hydrogen (secondary N) is 2. The van der Waals surface area contributed by atoms with E-state index in [0.29, 0.717) is 4.75 Å². The highest BCUT2D eigenvalue weighted by atomic mass is 35.5. The SMILES string of the molecule is CSC1(CNCc2[nH]c3ccccc3c2Cl)CCC1. The average Bonchev–Trinajstić information content (AvgIpc) is 2.70. The maximum Gasteiger partial charge on any atom is 0.0705 e. The second-order valence-corrected chi connectivity index (χ2v) is 6.96. The van der Waals surface area contributed by atoms with Gasteiger partial charge < -0.3 is 10.3 Å². The molecule has 102 valence electrons. The molecule has 1 fully saturated rings. The third-order valence-corrected chi connectivity index (χ3v) is 6.01. The summed E-state index contributed by atoms with van der Waals surface area (Å²) in [5.41, 5.74) is 2.21. The van der Waals surface area contributed by atoms with Crippen molar-refractivity contribution in [2.45, 2.75) is 30.6 Å². The molecule has 1 saturated carbocycles. The van der Waals surface area contributed by atoms with Crippen molar-refractivity contribution in [1.82, 2.24) is 10.3 Å². The molecule has 0 atom stereocenters. The first-order chi connectivity index (χ1) is 9.24. The lowest BCUT2D eigenvalue weighted by Crippen LogP contribution is -2.43. The van der Waals surface area contributed by atoms with Gasteiger partial charge in [-0.1, -0.05) is 36.2 Å². The lowest BCUT2D eigenvalue weighted by atomic mass is 9.84. The van der Waals surface area contributed by atoms with Gasteiger partial charge in [0, 0.05) is 34.4 Å². The molecule has 1 aromatic heterocycles. The van der Waals surface area contributed by atoms with E-state index in [9.17, 15) is 0 Å². The number of benzene rings is 1. The summed E-state index contributed by atoms with van der Waals surface area (Å²) in [4.78, 5) is 3.40. The fourth-order valence-electron chi connectivity index (χ4n) is 2.72. The molecule has 1 heterocycles. The maximum absolute atomic E-state index is 6.41. The summed E-state index contributed by atoms with van der Waals surface area (Å²) in [6, 6.07) is 8.19.